The van der Waals surface area contributed by atoms with Crippen molar-refractivity contribution in [1.29, 1.82) is 0 Å². The number of rotatable bonds is 3. The van der Waals surface area contributed by atoms with E-state index in [9.17, 15) is 4.79 Å². The number of urea groups is 1. The Hall–Kier alpha value is -1.59. The van der Waals surface area contributed by atoms with Gasteiger partial charge in [-0.3, -0.25) is 10.9 Å². The van der Waals surface area contributed by atoms with Crippen molar-refractivity contribution < 1.29 is 4.79 Å². The highest BCUT2D eigenvalue weighted by Gasteiger charge is 2.30. The molecule has 2 atom stereocenters. The van der Waals surface area contributed by atoms with E-state index in [0.717, 1.165) is 5.56 Å². The molecule has 0 saturated carbocycles. The molecule has 5 nitrogen and oxygen atoms in total. The molecule has 0 aliphatic carbocycles. The SMILES string of the molecule is CC1NNC(C)C1NC(=O)NCc1ccccc1. The Morgan fingerprint density at radius 3 is 2.39 bits per heavy atom. The van der Waals surface area contributed by atoms with Crippen LogP contribution in [0, 0.1) is 0 Å². The molecule has 1 aliphatic rings. The molecule has 0 aromatic heterocycles. The number of hydrogen-bond acceptors (Lipinski definition) is 3. The highest BCUT2D eigenvalue weighted by molar-refractivity contribution is 5.74. The fraction of sp³-hybridized carbons (Fsp3) is 0.462. The number of carbonyl (C=O) groups is 1. The summed E-state index contributed by atoms with van der Waals surface area (Å²) in [7, 11) is 0. The molecule has 18 heavy (non-hydrogen) atoms. The van der Waals surface area contributed by atoms with E-state index < -0.39 is 0 Å². The second-order valence-electron chi connectivity index (χ2n) is 4.70. The molecule has 4 N–H and O–H groups in total. The number of hydrazine groups is 1. The van der Waals surface area contributed by atoms with Gasteiger partial charge in [-0.15, -0.1) is 0 Å². The fourth-order valence-electron chi connectivity index (χ4n) is 2.11. The minimum absolute atomic E-state index is 0.0979. The lowest BCUT2D eigenvalue weighted by Crippen LogP contribution is -2.49. The van der Waals surface area contributed by atoms with Crippen molar-refractivity contribution in [2.75, 3.05) is 0 Å². The summed E-state index contributed by atoms with van der Waals surface area (Å²) in [5.74, 6) is 0. The summed E-state index contributed by atoms with van der Waals surface area (Å²) in [6, 6.07) is 10.3. The van der Waals surface area contributed by atoms with Crippen LogP contribution in [0.1, 0.15) is 19.4 Å². The largest absolute Gasteiger partial charge is 0.334 e. The molecule has 1 aliphatic heterocycles. The lowest BCUT2D eigenvalue weighted by molar-refractivity contribution is 0.234. The van der Waals surface area contributed by atoms with Gasteiger partial charge in [-0.1, -0.05) is 30.3 Å². The zero-order chi connectivity index (χ0) is 13.0. The second kappa shape index (κ2) is 5.84. The summed E-state index contributed by atoms with van der Waals surface area (Å²) < 4.78 is 0. The maximum absolute atomic E-state index is 11.8. The van der Waals surface area contributed by atoms with Crippen LogP contribution >= 0.6 is 0 Å². The van der Waals surface area contributed by atoms with E-state index in [4.69, 9.17) is 0 Å². The zero-order valence-electron chi connectivity index (χ0n) is 10.7. The van der Waals surface area contributed by atoms with Gasteiger partial charge in [0.05, 0.1) is 6.04 Å². The van der Waals surface area contributed by atoms with Crippen molar-refractivity contribution in [3.8, 4) is 0 Å². The van der Waals surface area contributed by atoms with Crippen LogP contribution in [0.25, 0.3) is 0 Å². The first-order chi connectivity index (χ1) is 8.66. The van der Waals surface area contributed by atoms with E-state index in [2.05, 4.69) is 21.5 Å². The molecular weight excluding hydrogens is 228 g/mol. The molecule has 5 heteroatoms. The van der Waals surface area contributed by atoms with Crippen molar-refractivity contribution in [1.82, 2.24) is 21.5 Å². The van der Waals surface area contributed by atoms with Crippen molar-refractivity contribution in [2.45, 2.75) is 38.5 Å². The van der Waals surface area contributed by atoms with E-state index in [1.54, 1.807) is 0 Å². The molecule has 1 aromatic carbocycles. The first-order valence-electron chi connectivity index (χ1n) is 6.26. The number of amides is 2. The normalized spacial score (nSPS) is 26.9. The summed E-state index contributed by atoms with van der Waals surface area (Å²) in [5.41, 5.74) is 7.31. The van der Waals surface area contributed by atoms with Gasteiger partial charge in [0.1, 0.15) is 0 Å². The van der Waals surface area contributed by atoms with Gasteiger partial charge in [0, 0.05) is 18.6 Å². The molecule has 1 aromatic rings. The third-order valence-electron chi connectivity index (χ3n) is 3.21. The summed E-state index contributed by atoms with van der Waals surface area (Å²) in [5, 5.41) is 5.83. The molecule has 2 amide bonds. The number of nitrogens with one attached hydrogen (secondary N) is 4. The summed E-state index contributed by atoms with van der Waals surface area (Å²) in [6.07, 6.45) is 0. The van der Waals surface area contributed by atoms with Gasteiger partial charge in [0.25, 0.3) is 0 Å². The maximum atomic E-state index is 11.8. The number of carbonyl (C=O) groups excluding carboxylic acids is 1. The maximum Gasteiger partial charge on any atom is 0.315 e. The van der Waals surface area contributed by atoms with E-state index in [1.807, 2.05) is 44.2 Å². The van der Waals surface area contributed by atoms with Gasteiger partial charge in [0.15, 0.2) is 0 Å². The highest BCUT2D eigenvalue weighted by Crippen LogP contribution is 2.05. The van der Waals surface area contributed by atoms with Gasteiger partial charge in [0.2, 0.25) is 0 Å². The molecule has 0 spiro atoms. The molecule has 1 heterocycles. The summed E-state index contributed by atoms with van der Waals surface area (Å²) in [4.78, 5) is 11.8. The Bertz CT molecular complexity index is 385. The van der Waals surface area contributed by atoms with Crippen molar-refractivity contribution in [3.63, 3.8) is 0 Å². The van der Waals surface area contributed by atoms with E-state index in [0.29, 0.717) is 6.54 Å². The molecule has 2 unspecified atom stereocenters. The van der Waals surface area contributed by atoms with Gasteiger partial charge in [-0.2, -0.15) is 0 Å². The Kier molecular flexibility index (Phi) is 4.17. The Labute approximate surface area is 107 Å². The van der Waals surface area contributed by atoms with Crippen LogP contribution < -0.4 is 21.5 Å². The Balaban J connectivity index is 1.79. The molecule has 98 valence electrons. The first-order valence-corrected chi connectivity index (χ1v) is 6.26. The van der Waals surface area contributed by atoms with Crippen LogP contribution in [0.15, 0.2) is 30.3 Å². The average Bonchev–Trinajstić information content (AvgIpc) is 2.69. The minimum atomic E-state index is -0.131. The topological polar surface area (TPSA) is 65.2 Å². The zero-order valence-corrected chi connectivity index (χ0v) is 10.7. The summed E-state index contributed by atoms with van der Waals surface area (Å²) in [6.45, 7) is 4.63. The third kappa shape index (κ3) is 3.21. The van der Waals surface area contributed by atoms with Gasteiger partial charge >= 0.3 is 6.03 Å². The van der Waals surface area contributed by atoms with Gasteiger partial charge in [-0.25, -0.2) is 4.79 Å². The summed E-state index contributed by atoms with van der Waals surface area (Å²) >= 11 is 0. The third-order valence-corrected chi connectivity index (χ3v) is 3.21. The first kappa shape index (κ1) is 12.9. The smallest absolute Gasteiger partial charge is 0.315 e. The molecular formula is C13H20N4O. The number of benzene rings is 1. The minimum Gasteiger partial charge on any atom is -0.334 e. The standard InChI is InChI=1S/C13H20N4O/c1-9-12(10(2)17-16-9)15-13(18)14-8-11-6-4-3-5-7-11/h3-7,9-10,12,16-17H,8H2,1-2H3,(H2,14,15,18). The lowest BCUT2D eigenvalue weighted by atomic mass is 10.1. The number of hydrogen-bond donors (Lipinski definition) is 4. The Morgan fingerprint density at radius 1 is 1.17 bits per heavy atom. The molecule has 1 saturated heterocycles. The highest BCUT2D eigenvalue weighted by atomic mass is 16.2. The average molecular weight is 248 g/mol. The molecule has 1 fully saturated rings. The van der Waals surface area contributed by atoms with Gasteiger partial charge in [-0.05, 0) is 19.4 Å². The van der Waals surface area contributed by atoms with Crippen molar-refractivity contribution in [3.05, 3.63) is 35.9 Å². The van der Waals surface area contributed by atoms with E-state index >= 15 is 0 Å². The lowest BCUT2D eigenvalue weighted by Gasteiger charge is -2.19. The predicted octanol–water partition coefficient (Wildman–Crippen LogP) is 0.739. The van der Waals surface area contributed by atoms with Crippen LogP contribution in [0.2, 0.25) is 0 Å². The van der Waals surface area contributed by atoms with Crippen LogP contribution in [-0.4, -0.2) is 24.2 Å². The molecule has 0 radical (unpaired) electrons. The van der Waals surface area contributed by atoms with Crippen LogP contribution in [-0.2, 0) is 6.54 Å². The molecule has 0 bridgehead atoms. The Morgan fingerprint density at radius 2 is 1.78 bits per heavy atom. The second-order valence-corrected chi connectivity index (χ2v) is 4.70. The van der Waals surface area contributed by atoms with E-state index in [1.165, 1.54) is 0 Å². The van der Waals surface area contributed by atoms with Crippen LogP contribution in [0.3, 0.4) is 0 Å². The van der Waals surface area contributed by atoms with Crippen LogP contribution in [0.5, 0.6) is 0 Å². The predicted molar refractivity (Wildman–Crippen MR) is 70.8 cm³/mol. The van der Waals surface area contributed by atoms with Gasteiger partial charge < -0.3 is 10.6 Å². The quantitative estimate of drug-likeness (QED) is 0.638. The van der Waals surface area contributed by atoms with Crippen LogP contribution in [0.4, 0.5) is 4.79 Å². The van der Waals surface area contributed by atoms with Crippen molar-refractivity contribution in [2.24, 2.45) is 0 Å². The molecule has 2 rings (SSSR count). The van der Waals surface area contributed by atoms with E-state index in [-0.39, 0.29) is 24.2 Å². The monoisotopic (exact) mass is 248 g/mol. The van der Waals surface area contributed by atoms with Crippen molar-refractivity contribution >= 4 is 6.03 Å². The fourth-order valence-corrected chi connectivity index (χ4v) is 2.11.